The number of hydrogen-bond acceptors (Lipinski definition) is 6. The summed E-state index contributed by atoms with van der Waals surface area (Å²) in [4.78, 5) is 26.4. The minimum absolute atomic E-state index is 0.0502. The first kappa shape index (κ1) is 20.6. The lowest BCUT2D eigenvalue weighted by molar-refractivity contribution is 0.0617. The van der Waals surface area contributed by atoms with E-state index in [2.05, 4.69) is 20.0 Å². The molecule has 162 valence electrons. The Hall–Kier alpha value is -3.29. The van der Waals surface area contributed by atoms with Gasteiger partial charge in [0.25, 0.3) is 5.91 Å². The molecule has 5 rings (SSSR count). The topological polar surface area (TPSA) is 75.4 Å². The fraction of sp³-hybridized carbons (Fsp3) is 0.250. The number of para-hydroxylation sites is 1. The number of piperazine rings is 1. The van der Waals surface area contributed by atoms with Crippen LogP contribution in [0.3, 0.4) is 0 Å². The van der Waals surface area contributed by atoms with Crippen LogP contribution in [0, 0.1) is 6.92 Å². The Morgan fingerprint density at radius 1 is 1.03 bits per heavy atom. The van der Waals surface area contributed by atoms with Crippen molar-refractivity contribution in [2.75, 3.05) is 26.2 Å². The Labute approximate surface area is 190 Å². The second-order valence-electron chi connectivity index (χ2n) is 7.92. The molecule has 2 aromatic carbocycles. The number of rotatable bonds is 4. The maximum atomic E-state index is 13.2. The van der Waals surface area contributed by atoms with Crippen LogP contribution < -0.4 is 0 Å². The summed E-state index contributed by atoms with van der Waals surface area (Å²) >= 11 is 5.94. The highest BCUT2D eigenvalue weighted by Gasteiger charge is 2.25. The standard InChI is InChI=1S/C24H22ClN5O2/c1-16-14-20(19-4-2-3-5-21(19)26-16)24(31)30-12-10-29(11-13-30)15-22-27-23(28-32-22)17-6-8-18(25)9-7-17/h2-9,14H,10-13,15H2,1H3. The molecule has 3 heterocycles. The summed E-state index contributed by atoms with van der Waals surface area (Å²) in [6.07, 6.45) is 0. The van der Waals surface area contributed by atoms with Gasteiger partial charge in [-0.1, -0.05) is 35.0 Å². The maximum Gasteiger partial charge on any atom is 0.254 e. The van der Waals surface area contributed by atoms with E-state index in [4.69, 9.17) is 16.1 Å². The summed E-state index contributed by atoms with van der Waals surface area (Å²) in [5.41, 5.74) is 3.27. The normalized spacial score (nSPS) is 14.8. The Bertz CT molecular complexity index is 1260. The van der Waals surface area contributed by atoms with Gasteiger partial charge in [0.05, 0.1) is 17.6 Å². The van der Waals surface area contributed by atoms with Gasteiger partial charge in [-0.05, 0) is 43.3 Å². The van der Waals surface area contributed by atoms with Crippen LogP contribution in [0.5, 0.6) is 0 Å². The van der Waals surface area contributed by atoms with Crippen LogP contribution in [0.1, 0.15) is 21.9 Å². The van der Waals surface area contributed by atoms with Gasteiger partial charge in [0.2, 0.25) is 11.7 Å². The third-order valence-corrected chi connectivity index (χ3v) is 5.92. The molecule has 0 bridgehead atoms. The molecule has 0 atom stereocenters. The van der Waals surface area contributed by atoms with Gasteiger partial charge in [-0.2, -0.15) is 4.98 Å². The molecule has 0 N–H and O–H groups in total. The quantitative estimate of drug-likeness (QED) is 0.466. The molecule has 8 heteroatoms. The summed E-state index contributed by atoms with van der Waals surface area (Å²) in [6.45, 7) is 5.25. The van der Waals surface area contributed by atoms with Crippen molar-refractivity contribution in [1.82, 2.24) is 24.9 Å². The Balaban J connectivity index is 1.23. The van der Waals surface area contributed by atoms with Gasteiger partial charge in [-0.3, -0.25) is 14.7 Å². The van der Waals surface area contributed by atoms with Crippen molar-refractivity contribution in [2.24, 2.45) is 0 Å². The Kier molecular flexibility index (Phi) is 5.59. The number of aryl methyl sites for hydroxylation is 1. The highest BCUT2D eigenvalue weighted by Crippen LogP contribution is 2.22. The SMILES string of the molecule is Cc1cc(C(=O)N2CCN(Cc3nc(-c4ccc(Cl)cc4)no3)CC2)c2ccccc2n1. The molecule has 1 aliphatic rings. The number of aromatic nitrogens is 3. The van der Waals surface area contributed by atoms with E-state index in [0.717, 1.165) is 35.2 Å². The Morgan fingerprint density at radius 2 is 1.78 bits per heavy atom. The van der Waals surface area contributed by atoms with Gasteiger partial charge in [0, 0.05) is 47.8 Å². The molecule has 2 aromatic heterocycles. The third kappa shape index (κ3) is 4.22. The van der Waals surface area contributed by atoms with Crippen molar-refractivity contribution in [3.05, 3.63) is 76.8 Å². The summed E-state index contributed by atoms with van der Waals surface area (Å²) in [6, 6.07) is 17.0. The van der Waals surface area contributed by atoms with Gasteiger partial charge in [0.15, 0.2) is 0 Å². The van der Waals surface area contributed by atoms with E-state index < -0.39 is 0 Å². The van der Waals surface area contributed by atoms with Crippen LogP contribution in [0.4, 0.5) is 0 Å². The lowest BCUT2D eigenvalue weighted by atomic mass is 10.1. The number of benzene rings is 2. The maximum absolute atomic E-state index is 13.2. The van der Waals surface area contributed by atoms with Gasteiger partial charge in [-0.15, -0.1) is 0 Å². The molecule has 4 aromatic rings. The predicted molar refractivity (Wildman–Crippen MR) is 122 cm³/mol. The molecule has 0 spiro atoms. The smallest absolute Gasteiger partial charge is 0.254 e. The molecule has 7 nitrogen and oxygen atoms in total. The summed E-state index contributed by atoms with van der Waals surface area (Å²) in [5.74, 6) is 1.16. The first-order valence-corrected chi connectivity index (χ1v) is 10.9. The van der Waals surface area contributed by atoms with Crippen molar-refractivity contribution in [1.29, 1.82) is 0 Å². The highest BCUT2D eigenvalue weighted by molar-refractivity contribution is 6.30. The first-order chi connectivity index (χ1) is 15.6. The summed E-state index contributed by atoms with van der Waals surface area (Å²) < 4.78 is 5.43. The number of carbonyl (C=O) groups is 1. The summed E-state index contributed by atoms with van der Waals surface area (Å²) in [5, 5.41) is 5.64. The van der Waals surface area contributed by atoms with E-state index in [1.165, 1.54) is 0 Å². The van der Waals surface area contributed by atoms with Crippen LogP contribution in [0.25, 0.3) is 22.3 Å². The zero-order valence-corrected chi connectivity index (χ0v) is 18.4. The number of hydrogen-bond donors (Lipinski definition) is 0. The predicted octanol–water partition coefficient (Wildman–Crippen LogP) is 4.20. The molecule has 0 unspecified atom stereocenters. The molecule has 1 saturated heterocycles. The van der Waals surface area contributed by atoms with Crippen LogP contribution in [-0.2, 0) is 6.54 Å². The number of halogens is 1. The van der Waals surface area contributed by atoms with Crippen molar-refractivity contribution in [3.63, 3.8) is 0 Å². The lowest BCUT2D eigenvalue weighted by Gasteiger charge is -2.34. The van der Waals surface area contributed by atoms with Crippen LogP contribution in [0.2, 0.25) is 5.02 Å². The minimum Gasteiger partial charge on any atom is -0.338 e. The van der Waals surface area contributed by atoms with E-state index in [0.29, 0.717) is 41.9 Å². The van der Waals surface area contributed by atoms with E-state index in [9.17, 15) is 4.79 Å². The lowest BCUT2D eigenvalue weighted by Crippen LogP contribution is -2.48. The molecule has 32 heavy (non-hydrogen) atoms. The molecular formula is C24H22ClN5O2. The van der Waals surface area contributed by atoms with E-state index in [1.54, 1.807) is 12.1 Å². The second-order valence-corrected chi connectivity index (χ2v) is 8.35. The van der Waals surface area contributed by atoms with Gasteiger partial charge >= 0.3 is 0 Å². The molecule has 1 fully saturated rings. The Morgan fingerprint density at radius 3 is 2.56 bits per heavy atom. The van der Waals surface area contributed by atoms with Crippen molar-refractivity contribution in [2.45, 2.75) is 13.5 Å². The average Bonchev–Trinajstić information content (AvgIpc) is 3.27. The number of fused-ring (bicyclic) bond motifs is 1. The molecule has 0 radical (unpaired) electrons. The number of pyridine rings is 1. The fourth-order valence-electron chi connectivity index (χ4n) is 3.99. The average molecular weight is 448 g/mol. The second kappa shape index (κ2) is 8.68. The van der Waals surface area contributed by atoms with Crippen molar-refractivity contribution >= 4 is 28.4 Å². The van der Waals surface area contributed by atoms with Gasteiger partial charge in [0.1, 0.15) is 0 Å². The van der Waals surface area contributed by atoms with Gasteiger partial charge < -0.3 is 9.42 Å². The molecule has 1 amide bonds. The minimum atomic E-state index is 0.0502. The molecule has 0 saturated carbocycles. The highest BCUT2D eigenvalue weighted by atomic mass is 35.5. The monoisotopic (exact) mass is 447 g/mol. The molecule has 0 aliphatic carbocycles. The molecule has 1 aliphatic heterocycles. The summed E-state index contributed by atoms with van der Waals surface area (Å²) in [7, 11) is 0. The number of carbonyl (C=O) groups excluding carboxylic acids is 1. The first-order valence-electron chi connectivity index (χ1n) is 10.5. The molecular weight excluding hydrogens is 426 g/mol. The number of nitrogens with zero attached hydrogens (tertiary/aromatic N) is 5. The zero-order chi connectivity index (χ0) is 22.1. The number of amides is 1. The van der Waals surface area contributed by atoms with Crippen LogP contribution >= 0.6 is 11.6 Å². The van der Waals surface area contributed by atoms with E-state index in [-0.39, 0.29) is 5.91 Å². The van der Waals surface area contributed by atoms with E-state index in [1.807, 2.05) is 54.3 Å². The largest absolute Gasteiger partial charge is 0.338 e. The fourth-order valence-corrected chi connectivity index (χ4v) is 4.12. The van der Waals surface area contributed by atoms with Crippen LogP contribution in [-0.4, -0.2) is 57.0 Å². The van der Waals surface area contributed by atoms with Crippen molar-refractivity contribution in [3.8, 4) is 11.4 Å². The van der Waals surface area contributed by atoms with Crippen molar-refractivity contribution < 1.29 is 9.32 Å². The third-order valence-electron chi connectivity index (χ3n) is 5.66. The van der Waals surface area contributed by atoms with Crippen LogP contribution in [0.15, 0.2) is 59.1 Å². The van der Waals surface area contributed by atoms with Gasteiger partial charge in [-0.25, -0.2) is 0 Å². The zero-order valence-electron chi connectivity index (χ0n) is 17.7. The van der Waals surface area contributed by atoms with E-state index >= 15 is 0 Å².